The molecule has 9 heteroatoms. The van der Waals surface area contributed by atoms with Crippen LogP contribution in [-0.4, -0.2) is 63.5 Å². The normalized spacial score (nSPS) is 11.9. The van der Waals surface area contributed by atoms with Gasteiger partial charge in [-0.3, -0.25) is 14.5 Å². The monoisotopic (exact) mass is 692 g/mol. The second-order valence-corrected chi connectivity index (χ2v) is 12.5. The minimum atomic E-state index is -1.03. The molecule has 1 atom stereocenters. The quantitative estimate of drug-likeness (QED) is 0.0656. The molecule has 6 rings (SSSR count). The number of benzene rings is 5. The van der Waals surface area contributed by atoms with Gasteiger partial charge in [-0.1, -0.05) is 133 Å². The van der Waals surface area contributed by atoms with E-state index in [0.717, 1.165) is 22.3 Å². The van der Waals surface area contributed by atoms with Crippen molar-refractivity contribution in [2.24, 2.45) is 0 Å². The molecule has 0 radical (unpaired) electrons. The Labute approximate surface area is 303 Å². The van der Waals surface area contributed by atoms with Crippen LogP contribution in [-0.2, 0) is 32.8 Å². The Hall–Kier alpha value is -6.32. The van der Waals surface area contributed by atoms with Crippen molar-refractivity contribution in [1.29, 1.82) is 0 Å². The van der Waals surface area contributed by atoms with Crippen LogP contribution in [0.2, 0.25) is 0 Å². The Morgan fingerprint density at radius 3 is 1.81 bits per heavy atom. The van der Waals surface area contributed by atoms with Gasteiger partial charge in [-0.15, -0.1) is 0 Å². The molecular formula is C43H40N4O5. The van der Waals surface area contributed by atoms with Crippen molar-refractivity contribution in [2.75, 3.05) is 25.5 Å². The summed E-state index contributed by atoms with van der Waals surface area (Å²) in [4.78, 5) is 45.1. The van der Waals surface area contributed by atoms with Crippen LogP contribution in [0.4, 0.5) is 5.69 Å². The Morgan fingerprint density at radius 2 is 1.27 bits per heavy atom. The summed E-state index contributed by atoms with van der Waals surface area (Å²) in [6, 6.07) is 46.1. The minimum absolute atomic E-state index is 0.131. The SMILES string of the molecule is COC(=O)[C@H](Cc1cn(C(c2ccccc2)(c2ccccc2)c2ccccc2)cn1)Nc1ccccc1C(=O)CN(CC(=O)O)Cc1ccccc1. The highest BCUT2D eigenvalue weighted by Gasteiger charge is 2.38. The maximum absolute atomic E-state index is 13.7. The van der Waals surface area contributed by atoms with Gasteiger partial charge in [-0.25, -0.2) is 9.78 Å². The summed E-state index contributed by atoms with van der Waals surface area (Å²) in [7, 11) is 1.32. The van der Waals surface area contributed by atoms with Gasteiger partial charge in [-0.05, 0) is 34.4 Å². The number of hydrogen-bond donors (Lipinski definition) is 2. The number of ketones is 1. The van der Waals surface area contributed by atoms with E-state index in [-0.39, 0.29) is 25.3 Å². The van der Waals surface area contributed by atoms with Crippen molar-refractivity contribution in [3.05, 3.63) is 192 Å². The standard InChI is InChI=1S/C43H40N4O5/c1-52-42(51)39(45-38-25-15-14-24-37(38)40(48)29-46(30-41(49)50)27-32-16-6-2-7-17-32)26-36-28-47(31-44-36)43(33-18-8-3-9-19-33,34-20-10-4-11-21-34)35-22-12-5-13-23-35/h2-25,28,31,39,45H,26-27,29-30H2,1H3,(H,49,50)/t39-/m0/s1. The average Bonchev–Trinajstić information content (AvgIpc) is 3.64. The molecule has 0 saturated carbocycles. The molecule has 0 aliphatic heterocycles. The van der Waals surface area contributed by atoms with E-state index in [1.165, 1.54) is 7.11 Å². The summed E-state index contributed by atoms with van der Waals surface area (Å²) in [5.74, 6) is -1.84. The highest BCUT2D eigenvalue weighted by molar-refractivity contribution is 6.03. The van der Waals surface area contributed by atoms with Gasteiger partial charge in [0, 0.05) is 30.4 Å². The predicted octanol–water partition coefficient (Wildman–Crippen LogP) is 6.69. The lowest BCUT2D eigenvalue weighted by Crippen LogP contribution is -2.37. The molecular weight excluding hydrogens is 652 g/mol. The fourth-order valence-electron chi connectivity index (χ4n) is 6.71. The number of hydrogen-bond acceptors (Lipinski definition) is 7. The lowest BCUT2D eigenvalue weighted by molar-refractivity contribution is -0.141. The van der Waals surface area contributed by atoms with Gasteiger partial charge in [0.2, 0.25) is 0 Å². The number of aromatic nitrogens is 2. The van der Waals surface area contributed by atoms with Gasteiger partial charge < -0.3 is 19.7 Å². The van der Waals surface area contributed by atoms with E-state index in [2.05, 4.69) is 46.3 Å². The summed E-state index contributed by atoms with van der Waals surface area (Å²) in [6.07, 6.45) is 3.91. The molecule has 0 spiro atoms. The van der Waals surface area contributed by atoms with Crippen molar-refractivity contribution in [2.45, 2.75) is 24.5 Å². The number of nitrogens with one attached hydrogen (secondary N) is 1. The van der Waals surface area contributed by atoms with E-state index in [4.69, 9.17) is 9.72 Å². The first-order valence-electron chi connectivity index (χ1n) is 17.0. The van der Waals surface area contributed by atoms with Crippen LogP contribution in [0.25, 0.3) is 0 Å². The lowest BCUT2D eigenvalue weighted by atomic mass is 9.77. The molecule has 2 N–H and O–H groups in total. The van der Waals surface area contributed by atoms with Gasteiger partial charge in [-0.2, -0.15) is 0 Å². The summed E-state index contributed by atoms with van der Waals surface area (Å²) in [6.45, 7) is -0.147. The number of nitrogens with zero attached hydrogens (tertiary/aromatic N) is 3. The van der Waals surface area contributed by atoms with Gasteiger partial charge in [0.15, 0.2) is 5.78 Å². The molecule has 6 aromatic rings. The molecule has 9 nitrogen and oxygen atoms in total. The maximum Gasteiger partial charge on any atom is 0.328 e. The Kier molecular flexibility index (Phi) is 11.3. The number of methoxy groups -OCH3 is 1. The number of carbonyl (C=O) groups excluding carboxylic acids is 2. The highest BCUT2D eigenvalue weighted by Crippen LogP contribution is 2.40. The molecule has 0 aliphatic rings. The number of carboxylic acid groups (broad SMARTS) is 1. The van der Waals surface area contributed by atoms with E-state index in [1.807, 2.05) is 91.1 Å². The molecule has 0 aliphatic carbocycles. The van der Waals surface area contributed by atoms with Crippen molar-refractivity contribution in [3.63, 3.8) is 0 Å². The van der Waals surface area contributed by atoms with E-state index < -0.39 is 23.5 Å². The third-order valence-corrected chi connectivity index (χ3v) is 9.03. The summed E-state index contributed by atoms with van der Waals surface area (Å²) >= 11 is 0. The number of imidazole rings is 1. The van der Waals surface area contributed by atoms with E-state index in [9.17, 15) is 19.5 Å². The molecule has 1 heterocycles. The molecule has 262 valence electrons. The Morgan fingerprint density at radius 1 is 0.750 bits per heavy atom. The summed E-state index contributed by atoms with van der Waals surface area (Å²) in [5.41, 5.74) is 4.63. The largest absolute Gasteiger partial charge is 0.480 e. The van der Waals surface area contributed by atoms with Gasteiger partial charge >= 0.3 is 11.9 Å². The number of aliphatic carboxylic acids is 1. The van der Waals surface area contributed by atoms with Crippen LogP contribution < -0.4 is 5.32 Å². The number of Topliss-reactive ketones (excluding diaryl/α,β-unsaturated/α-hetero) is 1. The average molecular weight is 693 g/mol. The molecule has 52 heavy (non-hydrogen) atoms. The van der Waals surface area contributed by atoms with Gasteiger partial charge in [0.05, 0.1) is 32.2 Å². The lowest BCUT2D eigenvalue weighted by Gasteiger charge is -2.37. The van der Waals surface area contributed by atoms with E-state index in [1.54, 1.807) is 35.5 Å². The zero-order valence-corrected chi connectivity index (χ0v) is 28.8. The molecule has 0 amide bonds. The van der Waals surface area contributed by atoms with Crippen LogP contribution in [0.3, 0.4) is 0 Å². The molecule has 1 aromatic heterocycles. The number of ether oxygens (including phenoxy) is 1. The number of esters is 1. The second kappa shape index (κ2) is 16.6. The molecule has 5 aromatic carbocycles. The number of anilines is 1. The zero-order valence-electron chi connectivity index (χ0n) is 28.8. The first kappa shape index (κ1) is 35.5. The summed E-state index contributed by atoms with van der Waals surface area (Å²) in [5, 5.41) is 12.8. The van der Waals surface area contributed by atoms with Crippen LogP contribution in [0.5, 0.6) is 0 Å². The van der Waals surface area contributed by atoms with Crippen molar-refractivity contribution in [1.82, 2.24) is 14.5 Å². The molecule has 0 fully saturated rings. The Bertz CT molecular complexity index is 1990. The van der Waals surface area contributed by atoms with Crippen LogP contribution in [0.15, 0.2) is 158 Å². The zero-order chi connectivity index (χ0) is 36.3. The highest BCUT2D eigenvalue weighted by atomic mass is 16.5. The Balaban J connectivity index is 1.31. The van der Waals surface area contributed by atoms with Crippen LogP contribution >= 0.6 is 0 Å². The molecule has 0 saturated heterocycles. The smallest absolute Gasteiger partial charge is 0.328 e. The van der Waals surface area contributed by atoms with E-state index >= 15 is 0 Å². The van der Waals surface area contributed by atoms with Gasteiger partial charge in [0.25, 0.3) is 0 Å². The minimum Gasteiger partial charge on any atom is -0.480 e. The van der Waals surface area contributed by atoms with Gasteiger partial charge in [0.1, 0.15) is 11.6 Å². The third-order valence-electron chi connectivity index (χ3n) is 9.03. The number of para-hydroxylation sites is 1. The number of carboxylic acids is 1. The predicted molar refractivity (Wildman–Crippen MR) is 200 cm³/mol. The maximum atomic E-state index is 13.7. The first-order chi connectivity index (χ1) is 25.4. The van der Waals surface area contributed by atoms with Crippen molar-refractivity contribution in [3.8, 4) is 0 Å². The fourth-order valence-corrected chi connectivity index (χ4v) is 6.71. The van der Waals surface area contributed by atoms with Crippen LogP contribution in [0.1, 0.15) is 38.3 Å². The molecule has 0 bridgehead atoms. The fraction of sp³-hybridized carbons (Fsp3) is 0.163. The second-order valence-electron chi connectivity index (χ2n) is 12.5. The van der Waals surface area contributed by atoms with E-state index in [0.29, 0.717) is 23.5 Å². The van der Waals surface area contributed by atoms with Crippen molar-refractivity contribution >= 4 is 23.4 Å². The number of rotatable bonds is 16. The van der Waals surface area contributed by atoms with Crippen molar-refractivity contribution < 1.29 is 24.2 Å². The third kappa shape index (κ3) is 8.01. The van der Waals surface area contributed by atoms with Crippen LogP contribution in [0, 0.1) is 0 Å². The number of carbonyl (C=O) groups is 3. The summed E-state index contributed by atoms with van der Waals surface area (Å²) < 4.78 is 7.30. The topological polar surface area (TPSA) is 114 Å². The first-order valence-corrected chi connectivity index (χ1v) is 17.0. The molecule has 0 unspecified atom stereocenters.